The van der Waals surface area contributed by atoms with Gasteiger partial charge in [-0.25, -0.2) is 9.97 Å². The average molecular weight is 342 g/mol. The number of amides is 1. The van der Waals surface area contributed by atoms with Crippen molar-refractivity contribution >= 4 is 11.7 Å². The molecule has 25 heavy (non-hydrogen) atoms. The van der Waals surface area contributed by atoms with Gasteiger partial charge in [0.15, 0.2) is 0 Å². The van der Waals surface area contributed by atoms with Crippen LogP contribution in [0.15, 0.2) is 23.0 Å². The summed E-state index contributed by atoms with van der Waals surface area (Å²) in [7, 11) is 0. The number of furan rings is 1. The molecule has 2 aromatic heterocycles. The van der Waals surface area contributed by atoms with Crippen LogP contribution in [0.2, 0.25) is 0 Å². The van der Waals surface area contributed by atoms with Crippen molar-refractivity contribution in [2.75, 3.05) is 31.1 Å². The van der Waals surface area contributed by atoms with Gasteiger partial charge in [0.05, 0.1) is 23.6 Å². The number of aliphatic hydroxyl groups excluding tert-OH is 1. The lowest BCUT2D eigenvalue weighted by Crippen LogP contribution is -2.33. The summed E-state index contributed by atoms with van der Waals surface area (Å²) >= 11 is 0. The Kier molecular flexibility index (Phi) is 4.17. The molecule has 2 aliphatic rings. The summed E-state index contributed by atoms with van der Waals surface area (Å²) in [5.41, 5.74) is 2.71. The molecule has 132 valence electrons. The van der Waals surface area contributed by atoms with Gasteiger partial charge in [-0.2, -0.15) is 0 Å². The number of hydrogen-bond acceptors (Lipinski definition) is 6. The highest BCUT2D eigenvalue weighted by Crippen LogP contribution is 2.28. The molecule has 0 bridgehead atoms. The highest BCUT2D eigenvalue weighted by molar-refractivity contribution is 5.93. The normalized spacial score (nSPS) is 20.5. The summed E-state index contributed by atoms with van der Waals surface area (Å²) in [6, 6.07) is 1.70. The zero-order valence-electron chi connectivity index (χ0n) is 14.3. The number of aliphatic hydroxyl groups is 1. The minimum absolute atomic E-state index is 0.00983. The predicted molar refractivity (Wildman–Crippen MR) is 91.6 cm³/mol. The fourth-order valence-electron chi connectivity index (χ4n) is 3.67. The van der Waals surface area contributed by atoms with Crippen molar-refractivity contribution in [1.29, 1.82) is 0 Å². The summed E-state index contributed by atoms with van der Waals surface area (Å²) in [5, 5.41) is 9.86. The molecule has 0 aliphatic carbocycles. The number of β-amino-alcohol motifs (C(OH)–C–C–N with tert-alkyl or cyclic N) is 1. The second-order valence-electron chi connectivity index (χ2n) is 6.71. The molecule has 4 rings (SSSR count). The summed E-state index contributed by atoms with van der Waals surface area (Å²) in [5.74, 6) is 1.66. The minimum Gasteiger partial charge on any atom is -0.472 e. The van der Waals surface area contributed by atoms with Gasteiger partial charge in [-0.15, -0.1) is 0 Å². The molecule has 1 N–H and O–H groups in total. The molecule has 7 heteroatoms. The summed E-state index contributed by atoms with van der Waals surface area (Å²) < 4.78 is 5.03. The third-order valence-corrected chi connectivity index (χ3v) is 4.95. The van der Waals surface area contributed by atoms with E-state index >= 15 is 0 Å². The van der Waals surface area contributed by atoms with Crippen LogP contribution in [0.5, 0.6) is 0 Å². The minimum atomic E-state index is -0.295. The van der Waals surface area contributed by atoms with Crippen molar-refractivity contribution in [2.45, 2.75) is 32.3 Å². The van der Waals surface area contributed by atoms with Gasteiger partial charge in [-0.1, -0.05) is 0 Å². The Morgan fingerprint density at radius 1 is 1.28 bits per heavy atom. The molecule has 0 spiro atoms. The Bertz CT molecular complexity index is 775. The topological polar surface area (TPSA) is 82.7 Å². The molecule has 0 aromatic carbocycles. The zero-order chi connectivity index (χ0) is 17.4. The van der Waals surface area contributed by atoms with E-state index in [0.29, 0.717) is 31.6 Å². The monoisotopic (exact) mass is 342 g/mol. The Balaban J connectivity index is 1.60. The lowest BCUT2D eigenvalue weighted by atomic mass is 10.1. The predicted octanol–water partition coefficient (Wildman–Crippen LogP) is 1.19. The Morgan fingerprint density at radius 2 is 2.12 bits per heavy atom. The Labute approximate surface area is 146 Å². The first-order valence-corrected chi connectivity index (χ1v) is 8.72. The van der Waals surface area contributed by atoms with E-state index in [1.165, 1.54) is 12.5 Å². The lowest BCUT2D eigenvalue weighted by Gasteiger charge is -2.22. The van der Waals surface area contributed by atoms with E-state index in [9.17, 15) is 9.90 Å². The van der Waals surface area contributed by atoms with Crippen molar-refractivity contribution in [2.24, 2.45) is 0 Å². The Morgan fingerprint density at radius 3 is 2.84 bits per heavy atom. The third kappa shape index (κ3) is 3.11. The number of hydrogen-bond donors (Lipinski definition) is 1. The number of nitrogens with zero attached hydrogens (tertiary/aromatic N) is 4. The molecule has 2 aliphatic heterocycles. The highest BCUT2D eigenvalue weighted by atomic mass is 16.3. The fraction of sp³-hybridized carbons (Fsp3) is 0.500. The number of carbonyl (C=O) groups is 1. The molecule has 1 amide bonds. The maximum Gasteiger partial charge on any atom is 0.257 e. The molecule has 0 radical (unpaired) electrons. The second kappa shape index (κ2) is 6.48. The number of carbonyl (C=O) groups excluding carboxylic acids is 1. The molecular formula is C18H22N4O3. The molecule has 1 atom stereocenters. The van der Waals surface area contributed by atoms with E-state index in [0.717, 1.165) is 42.3 Å². The van der Waals surface area contributed by atoms with E-state index in [4.69, 9.17) is 4.42 Å². The smallest absolute Gasteiger partial charge is 0.257 e. The van der Waals surface area contributed by atoms with E-state index in [1.807, 2.05) is 11.8 Å². The first-order chi connectivity index (χ1) is 12.1. The fourth-order valence-corrected chi connectivity index (χ4v) is 3.67. The van der Waals surface area contributed by atoms with Crippen molar-refractivity contribution in [3.63, 3.8) is 0 Å². The SMILES string of the molecule is Cc1nc2c(c(N3CC[C@H](O)C3)n1)CCN(C(=O)c1ccoc1)CC2. The highest BCUT2D eigenvalue weighted by Gasteiger charge is 2.28. The maximum absolute atomic E-state index is 12.6. The van der Waals surface area contributed by atoms with Crippen molar-refractivity contribution in [3.8, 4) is 0 Å². The number of rotatable bonds is 2. The van der Waals surface area contributed by atoms with E-state index in [2.05, 4.69) is 14.9 Å². The molecule has 4 heterocycles. The molecule has 0 saturated carbocycles. The van der Waals surface area contributed by atoms with Crippen LogP contribution >= 0.6 is 0 Å². The summed E-state index contributed by atoms with van der Waals surface area (Å²) in [4.78, 5) is 25.9. The van der Waals surface area contributed by atoms with Crippen LogP contribution in [0, 0.1) is 6.92 Å². The van der Waals surface area contributed by atoms with Crippen LogP contribution in [0.3, 0.4) is 0 Å². The Hall–Kier alpha value is -2.41. The van der Waals surface area contributed by atoms with E-state index in [1.54, 1.807) is 6.07 Å². The van der Waals surface area contributed by atoms with E-state index < -0.39 is 0 Å². The van der Waals surface area contributed by atoms with Crippen LogP contribution in [0.1, 0.15) is 33.9 Å². The van der Waals surface area contributed by atoms with Gasteiger partial charge >= 0.3 is 0 Å². The molecular weight excluding hydrogens is 320 g/mol. The summed E-state index contributed by atoms with van der Waals surface area (Å²) in [6.07, 6.45) is 4.92. The van der Waals surface area contributed by atoms with Gasteiger partial charge in [-0.3, -0.25) is 4.79 Å². The number of aromatic nitrogens is 2. The van der Waals surface area contributed by atoms with Gasteiger partial charge < -0.3 is 19.3 Å². The van der Waals surface area contributed by atoms with Crippen molar-refractivity contribution in [3.05, 3.63) is 41.2 Å². The van der Waals surface area contributed by atoms with Crippen LogP contribution in [-0.2, 0) is 12.8 Å². The first kappa shape index (κ1) is 16.1. The molecule has 2 aromatic rings. The standard InChI is InChI=1S/C18H22N4O3/c1-12-19-16-4-8-21(18(24)13-5-9-25-11-13)7-3-15(16)17(20-12)22-6-2-14(23)10-22/h5,9,11,14,23H,2-4,6-8,10H2,1H3/t14-/m0/s1. The van der Waals surface area contributed by atoms with Crippen LogP contribution in [0.4, 0.5) is 5.82 Å². The maximum atomic E-state index is 12.6. The molecule has 1 saturated heterocycles. The molecule has 1 fully saturated rings. The molecule has 0 unspecified atom stereocenters. The second-order valence-corrected chi connectivity index (χ2v) is 6.71. The van der Waals surface area contributed by atoms with Gasteiger partial charge in [0.2, 0.25) is 0 Å². The van der Waals surface area contributed by atoms with Gasteiger partial charge in [0, 0.05) is 38.2 Å². The lowest BCUT2D eigenvalue weighted by molar-refractivity contribution is 0.0762. The van der Waals surface area contributed by atoms with Gasteiger partial charge in [0.25, 0.3) is 5.91 Å². The van der Waals surface area contributed by atoms with Crippen LogP contribution in [-0.4, -0.2) is 58.2 Å². The van der Waals surface area contributed by atoms with Gasteiger partial charge in [0.1, 0.15) is 17.9 Å². The average Bonchev–Trinajstić information content (AvgIpc) is 3.22. The van der Waals surface area contributed by atoms with Crippen molar-refractivity contribution in [1.82, 2.24) is 14.9 Å². The van der Waals surface area contributed by atoms with Crippen LogP contribution < -0.4 is 4.90 Å². The first-order valence-electron chi connectivity index (χ1n) is 8.72. The van der Waals surface area contributed by atoms with E-state index in [-0.39, 0.29) is 12.0 Å². The quantitative estimate of drug-likeness (QED) is 0.883. The zero-order valence-corrected chi connectivity index (χ0v) is 14.3. The number of fused-ring (bicyclic) bond motifs is 1. The number of anilines is 1. The largest absolute Gasteiger partial charge is 0.472 e. The third-order valence-electron chi connectivity index (χ3n) is 4.95. The number of aryl methyl sites for hydroxylation is 1. The van der Waals surface area contributed by atoms with Crippen LogP contribution in [0.25, 0.3) is 0 Å². The van der Waals surface area contributed by atoms with Crippen molar-refractivity contribution < 1.29 is 14.3 Å². The van der Waals surface area contributed by atoms with Gasteiger partial charge in [-0.05, 0) is 25.8 Å². The summed E-state index contributed by atoms with van der Waals surface area (Å²) in [6.45, 7) is 4.58. The molecule has 7 nitrogen and oxygen atoms in total.